The monoisotopic (exact) mass is 367 g/mol. The Bertz CT molecular complexity index is 582. The lowest BCUT2D eigenvalue weighted by Gasteiger charge is -2.32. The van der Waals surface area contributed by atoms with Crippen LogP contribution in [0, 0.1) is 0 Å². The van der Waals surface area contributed by atoms with Gasteiger partial charge in [-0.1, -0.05) is 0 Å². The first-order chi connectivity index (χ1) is 12.3. The highest BCUT2D eigenvalue weighted by molar-refractivity contribution is 5.95. The van der Waals surface area contributed by atoms with Gasteiger partial charge in [0.1, 0.15) is 18.1 Å². The summed E-state index contributed by atoms with van der Waals surface area (Å²) in [6.45, 7) is 4.30. The highest BCUT2D eigenvalue weighted by Crippen LogP contribution is 2.25. The van der Waals surface area contributed by atoms with E-state index in [0.717, 1.165) is 6.42 Å². The van der Waals surface area contributed by atoms with Crippen molar-refractivity contribution in [2.24, 2.45) is 5.73 Å². The maximum Gasteiger partial charge on any atom is 0.246 e. The number of hydrogen-bond donors (Lipinski definition) is 3. The van der Waals surface area contributed by atoms with Crippen LogP contribution in [-0.4, -0.2) is 77.7 Å². The molecule has 2 fully saturated rings. The average Bonchev–Trinajstić information content (AvgIpc) is 3.28. The van der Waals surface area contributed by atoms with Crippen molar-refractivity contribution in [3.05, 3.63) is 0 Å². The average molecular weight is 367 g/mol. The second kappa shape index (κ2) is 8.48. The van der Waals surface area contributed by atoms with Crippen LogP contribution in [0.2, 0.25) is 0 Å². The number of rotatable bonds is 6. The van der Waals surface area contributed by atoms with Gasteiger partial charge in [0.15, 0.2) is 0 Å². The van der Waals surface area contributed by atoms with E-state index in [0.29, 0.717) is 32.4 Å². The number of nitrogens with one attached hydrogen (secondary N) is 2. The topological polar surface area (TPSA) is 125 Å². The Morgan fingerprint density at radius 3 is 2.12 bits per heavy atom. The van der Waals surface area contributed by atoms with E-state index in [1.807, 2.05) is 0 Å². The molecule has 0 bridgehead atoms. The quantitative estimate of drug-likeness (QED) is 0.531. The van der Waals surface area contributed by atoms with Crippen molar-refractivity contribution in [3.8, 4) is 0 Å². The summed E-state index contributed by atoms with van der Waals surface area (Å²) >= 11 is 0. The van der Waals surface area contributed by atoms with Crippen molar-refractivity contribution in [1.82, 2.24) is 20.4 Å². The molecule has 4 unspecified atom stereocenters. The molecule has 0 aromatic heterocycles. The number of hydrogen-bond acceptors (Lipinski definition) is 5. The molecule has 26 heavy (non-hydrogen) atoms. The van der Waals surface area contributed by atoms with E-state index >= 15 is 0 Å². The van der Waals surface area contributed by atoms with Gasteiger partial charge in [-0.3, -0.25) is 19.2 Å². The van der Waals surface area contributed by atoms with E-state index in [1.165, 1.54) is 6.92 Å². The normalized spacial score (nSPS) is 25.0. The Morgan fingerprint density at radius 2 is 1.54 bits per heavy atom. The molecule has 0 aromatic rings. The smallest absolute Gasteiger partial charge is 0.246 e. The van der Waals surface area contributed by atoms with Crippen molar-refractivity contribution >= 4 is 23.6 Å². The SMILES string of the molecule is CNC(C)C(=O)N1CCCC1C(=O)N1CCCC1C(=O)NC(C)C(N)=O. The van der Waals surface area contributed by atoms with E-state index in [2.05, 4.69) is 10.6 Å². The Kier molecular flexibility index (Phi) is 6.57. The Labute approximate surface area is 153 Å². The Morgan fingerprint density at radius 1 is 0.962 bits per heavy atom. The van der Waals surface area contributed by atoms with Gasteiger partial charge in [-0.2, -0.15) is 0 Å². The second-order valence-electron chi connectivity index (χ2n) is 7.02. The van der Waals surface area contributed by atoms with Crippen LogP contribution in [0.4, 0.5) is 0 Å². The van der Waals surface area contributed by atoms with Gasteiger partial charge in [0, 0.05) is 13.1 Å². The number of likely N-dealkylation sites (N-methyl/N-ethyl adjacent to an activating group) is 1. The van der Waals surface area contributed by atoms with Crippen LogP contribution >= 0.6 is 0 Å². The van der Waals surface area contributed by atoms with Crippen molar-refractivity contribution in [2.75, 3.05) is 20.1 Å². The maximum atomic E-state index is 13.0. The minimum absolute atomic E-state index is 0.106. The molecule has 0 radical (unpaired) electrons. The number of carbonyl (C=O) groups excluding carboxylic acids is 4. The first-order valence-electron chi connectivity index (χ1n) is 9.15. The molecular formula is C17H29N5O4. The van der Waals surface area contributed by atoms with Crippen LogP contribution in [0.3, 0.4) is 0 Å². The zero-order chi connectivity index (χ0) is 19.4. The third-order valence-electron chi connectivity index (χ3n) is 5.25. The molecule has 2 rings (SSSR count). The van der Waals surface area contributed by atoms with E-state index in [4.69, 9.17) is 5.73 Å². The molecule has 0 spiro atoms. The van der Waals surface area contributed by atoms with E-state index in [1.54, 1.807) is 23.8 Å². The molecule has 0 aromatic carbocycles. The van der Waals surface area contributed by atoms with Gasteiger partial charge in [-0.25, -0.2) is 0 Å². The summed E-state index contributed by atoms with van der Waals surface area (Å²) in [5, 5.41) is 5.47. The first-order valence-corrected chi connectivity index (χ1v) is 9.15. The molecule has 146 valence electrons. The number of carbonyl (C=O) groups is 4. The van der Waals surface area contributed by atoms with E-state index in [-0.39, 0.29) is 23.8 Å². The molecule has 9 nitrogen and oxygen atoms in total. The molecule has 0 saturated carbocycles. The molecule has 4 amide bonds. The van der Waals surface area contributed by atoms with Crippen molar-refractivity contribution in [3.63, 3.8) is 0 Å². The summed E-state index contributed by atoms with van der Waals surface area (Å²) in [7, 11) is 1.70. The summed E-state index contributed by atoms with van der Waals surface area (Å²) in [5.74, 6) is -1.29. The maximum absolute atomic E-state index is 13.0. The summed E-state index contributed by atoms with van der Waals surface area (Å²) < 4.78 is 0. The fourth-order valence-electron chi connectivity index (χ4n) is 3.53. The lowest BCUT2D eigenvalue weighted by Crippen LogP contribution is -2.56. The summed E-state index contributed by atoms with van der Waals surface area (Å²) in [6, 6.07) is -2.30. The minimum Gasteiger partial charge on any atom is -0.368 e. The van der Waals surface area contributed by atoms with Gasteiger partial charge < -0.3 is 26.2 Å². The predicted molar refractivity (Wildman–Crippen MR) is 94.8 cm³/mol. The van der Waals surface area contributed by atoms with Crippen molar-refractivity contribution < 1.29 is 19.2 Å². The van der Waals surface area contributed by atoms with Gasteiger partial charge in [0.2, 0.25) is 23.6 Å². The zero-order valence-corrected chi connectivity index (χ0v) is 15.7. The fraction of sp³-hybridized carbons (Fsp3) is 0.765. The lowest BCUT2D eigenvalue weighted by molar-refractivity contribution is -0.147. The molecule has 4 atom stereocenters. The lowest BCUT2D eigenvalue weighted by atomic mass is 10.1. The molecule has 2 heterocycles. The summed E-state index contributed by atoms with van der Waals surface area (Å²) in [6.07, 6.45) is 2.62. The third-order valence-corrected chi connectivity index (χ3v) is 5.25. The third kappa shape index (κ3) is 4.14. The number of nitrogens with two attached hydrogens (primary N) is 1. The first kappa shape index (κ1) is 20.2. The number of nitrogens with zero attached hydrogens (tertiary/aromatic N) is 2. The standard InChI is InChI=1S/C17H29N5O4/c1-10(14(18)23)20-15(24)12-6-4-8-21(12)17(26)13-7-5-9-22(13)16(25)11(2)19-3/h10-13,19H,4-9H2,1-3H3,(H2,18,23)(H,20,24). The Hall–Kier alpha value is -2.16. The highest BCUT2D eigenvalue weighted by atomic mass is 16.2. The second-order valence-corrected chi connectivity index (χ2v) is 7.02. The fourth-order valence-corrected chi connectivity index (χ4v) is 3.53. The van der Waals surface area contributed by atoms with Gasteiger partial charge in [0.25, 0.3) is 0 Å². The van der Waals surface area contributed by atoms with Crippen LogP contribution in [0.25, 0.3) is 0 Å². The van der Waals surface area contributed by atoms with Gasteiger partial charge in [-0.05, 0) is 46.6 Å². The van der Waals surface area contributed by atoms with Gasteiger partial charge in [0.05, 0.1) is 6.04 Å². The van der Waals surface area contributed by atoms with Gasteiger partial charge >= 0.3 is 0 Å². The predicted octanol–water partition coefficient (Wildman–Crippen LogP) is -1.43. The number of likely N-dealkylation sites (tertiary alicyclic amines) is 2. The Balaban J connectivity index is 2.08. The largest absolute Gasteiger partial charge is 0.368 e. The molecule has 2 saturated heterocycles. The van der Waals surface area contributed by atoms with Crippen LogP contribution in [0.5, 0.6) is 0 Å². The van der Waals surface area contributed by atoms with Crippen LogP contribution in [-0.2, 0) is 19.2 Å². The summed E-state index contributed by atoms with van der Waals surface area (Å²) in [4.78, 5) is 52.3. The van der Waals surface area contributed by atoms with E-state index < -0.39 is 24.0 Å². The summed E-state index contributed by atoms with van der Waals surface area (Å²) in [5.41, 5.74) is 5.19. The molecule has 0 aliphatic carbocycles. The molecular weight excluding hydrogens is 338 g/mol. The van der Waals surface area contributed by atoms with Crippen LogP contribution in [0.1, 0.15) is 39.5 Å². The van der Waals surface area contributed by atoms with Gasteiger partial charge in [-0.15, -0.1) is 0 Å². The van der Waals surface area contributed by atoms with Crippen molar-refractivity contribution in [1.29, 1.82) is 0 Å². The van der Waals surface area contributed by atoms with E-state index in [9.17, 15) is 19.2 Å². The molecule has 9 heteroatoms. The number of primary amides is 1. The van der Waals surface area contributed by atoms with Crippen LogP contribution < -0.4 is 16.4 Å². The molecule has 2 aliphatic rings. The van der Waals surface area contributed by atoms with Crippen LogP contribution in [0.15, 0.2) is 0 Å². The van der Waals surface area contributed by atoms with Crippen molar-refractivity contribution in [2.45, 2.75) is 63.7 Å². The minimum atomic E-state index is -0.791. The molecule has 4 N–H and O–H groups in total. The number of amides is 4. The highest BCUT2D eigenvalue weighted by Gasteiger charge is 2.42. The molecule has 2 aliphatic heterocycles. The zero-order valence-electron chi connectivity index (χ0n) is 15.7.